The van der Waals surface area contributed by atoms with Crippen LogP contribution in [-0.2, 0) is 4.79 Å². The van der Waals surface area contributed by atoms with E-state index in [4.69, 9.17) is 11.6 Å². The highest BCUT2D eigenvalue weighted by molar-refractivity contribution is 7.18. The van der Waals surface area contributed by atoms with Gasteiger partial charge in [0.05, 0.1) is 9.21 Å². The highest BCUT2D eigenvalue weighted by Gasteiger charge is 2.14. The summed E-state index contributed by atoms with van der Waals surface area (Å²) >= 11 is 7.02. The number of ketones is 1. The molecule has 1 N–H and O–H groups in total. The van der Waals surface area contributed by atoms with Crippen molar-refractivity contribution < 1.29 is 14.4 Å². The molecule has 0 aliphatic heterocycles. The Morgan fingerprint density at radius 2 is 1.81 bits per heavy atom. The monoisotopic (exact) mass is 392 g/mol. The van der Waals surface area contributed by atoms with Crippen LogP contribution in [0.3, 0.4) is 0 Å². The van der Waals surface area contributed by atoms with Crippen molar-refractivity contribution in [2.45, 2.75) is 26.7 Å². The first-order valence-electron chi connectivity index (χ1n) is 8.42. The number of carbonyl (C=O) groups excluding carboxylic acids is 3. The molecule has 0 atom stereocenters. The molecule has 0 saturated carbocycles. The fourth-order valence-electron chi connectivity index (χ4n) is 2.46. The number of rotatable bonds is 8. The van der Waals surface area contributed by atoms with Gasteiger partial charge in [-0.05, 0) is 44.2 Å². The van der Waals surface area contributed by atoms with Gasteiger partial charge < -0.3 is 10.2 Å². The second-order valence-electron chi connectivity index (χ2n) is 5.63. The third kappa shape index (κ3) is 5.41. The van der Waals surface area contributed by atoms with E-state index in [2.05, 4.69) is 5.32 Å². The number of anilines is 1. The maximum absolute atomic E-state index is 12.4. The summed E-state index contributed by atoms with van der Waals surface area (Å²) in [5, 5.41) is 2.74. The van der Waals surface area contributed by atoms with Crippen molar-refractivity contribution in [1.82, 2.24) is 4.90 Å². The molecule has 0 unspecified atom stereocenters. The molecule has 0 aliphatic rings. The first-order valence-corrected chi connectivity index (χ1v) is 9.61. The van der Waals surface area contributed by atoms with E-state index >= 15 is 0 Å². The number of nitrogens with one attached hydrogen (secondary N) is 1. The third-order valence-electron chi connectivity index (χ3n) is 3.87. The van der Waals surface area contributed by atoms with E-state index in [0.29, 0.717) is 33.6 Å². The van der Waals surface area contributed by atoms with Gasteiger partial charge in [0.1, 0.15) is 0 Å². The van der Waals surface area contributed by atoms with Crippen LogP contribution in [0, 0.1) is 0 Å². The summed E-state index contributed by atoms with van der Waals surface area (Å²) < 4.78 is 0.549. The lowest BCUT2D eigenvalue weighted by Gasteiger charge is -2.19. The number of hydrogen-bond acceptors (Lipinski definition) is 4. The van der Waals surface area contributed by atoms with E-state index in [1.807, 2.05) is 13.8 Å². The first kappa shape index (κ1) is 20.1. The highest BCUT2D eigenvalue weighted by Crippen LogP contribution is 2.23. The second kappa shape index (κ2) is 9.50. The van der Waals surface area contributed by atoms with Crippen molar-refractivity contribution in [2.75, 3.05) is 18.4 Å². The molecule has 5 nitrogen and oxygen atoms in total. The first-order chi connectivity index (χ1) is 12.4. The molecular weight excluding hydrogens is 372 g/mol. The molecule has 0 fully saturated rings. The number of hydrogen-bond donors (Lipinski definition) is 1. The molecule has 2 amide bonds. The van der Waals surface area contributed by atoms with Crippen molar-refractivity contribution in [1.29, 1.82) is 0 Å². The molecule has 7 heteroatoms. The summed E-state index contributed by atoms with van der Waals surface area (Å²) in [6.07, 6.45) is 0.184. The van der Waals surface area contributed by atoms with Gasteiger partial charge in [-0.3, -0.25) is 14.4 Å². The Morgan fingerprint density at radius 3 is 2.42 bits per heavy atom. The minimum Gasteiger partial charge on any atom is -0.339 e. The van der Waals surface area contributed by atoms with Crippen LogP contribution in [0.25, 0.3) is 0 Å². The van der Waals surface area contributed by atoms with Crippen LogP contribution in [0.15, 0.2) is 36.4 Å². The topological polar surface area (TPSA) is 66.5 Å². The Kier molecular flexibility index (Phi) is 7.36. The van der Waals surface area contributed by atoms with E-state index < -0.39 is 0 Å². The molecule has 2 rings (SSSR count). The van der Waals surface area contributed by atoms with Gasteiger partial charge in [0.2, 0.25) is 5.91 Å². The number of amides is 2. The fraction of sp³-hybridized carbons (Fsp3) is 0.316. The van der Waals surface area contributed by atoms with Crippen molar-refractivity contribution >= 4 is 46.2 Å². The van der Waals surface area contributed by atoms with Gasteiger partial charge in [0.25, 0.3) is 5.91 Å². The van der Waals surface area contributed by atoms with Crippen LogP contribution in [0.4, 0.5) is 5.69 Å². The van der Waals surface area contributed by atoms with Crippen molar-refractivity contribution in [3.63, 3.8) is 0 Å². The maximum Gasteiger partial charge on any atom is 0.253 e. The van der Waals surface area contributed by atoms with E-state index in [1.54, 1.807) is 41.3 Å². The molecule has 1 heterocycles. The Hall–Kier alpha value is -2.18. The third-order valence-corrected chi connectivity index (χ3v) is 5.14. The molecule has 1 aromatic heterocycles. The zero-order valence-electron chi connectivity index (χ0n) is 14.8. The molecule has 0 bridgehead atoms. The van der Waals surface area contributed by atoms with Crippen LogP contribution in [0.5, 0.6) is 0 Å². The Bertz CT molecular complexity index is 800. The molecular formula is C19H21ClN2O3S. The summed E-state index contributed by atoms with van der Waals surface area (Å²) in [7, 11) is 0. The fourth-order valence-corrected chi connectivity index (χ4v) is 3.47. The van der Waals surface area contributed by atoms with Crippen LogP contribution < -0.4 is 5.32 Å². The van der Waals surface area contributed by atoms with Crippen LogP contribution in [-0.4, -0.2) is 35.6 Å². The predicted molar refractivity (Wildman–Crippen MR) is 105 cm³/mol. The SMILES string of the molecule is CCN(CC)C(=O)c1cccc(NC(=O)CCC(=O)c2ccc(Cl)s2)c1. The van der Waals surface area contributed by atoms with Gasteiger partial charge >= 0.3 is 0 Å². The lowest BCUT2D eigenvalue weighted by molar-refractivity contribution is -0.116. The number of nitrogens with zero attached hydrogens (tertiary/aromatic N) is 1. The van der Waals surface area contributed by atoms with E-state index in [-0.39, 0.29) is 30.4 Å². The maximum atomic E-state index is 12.4. The minimum absolute atomic E-state index is 0.0720. The van der Waals surface area contributed by atoms with E-state index in [0.717, 1.165) is 0 Å². The molecule has 26 heavy (non-hydrogen) atoms. The molecule has 0 saturated heterocycles. The van der Waals surface area contributed by atoms with Crippen molar-refractivity contribution in [3.8, 4) is 0 Å². The van der Waals surface area contributed by atoms with Crippen LogP contribution in [0.2, 0.25) is 4.34 Å². The average Bonchev–Trinajstić information content (AvgIpc) is 3.07. The van der Waals surface area contributed by atoms with Gasteiger partial charge in [-0.2, -0.15) is 0 Å². The molecule has 2 aromatic rings. The largest absolute Gasteiger partial charge is 0.339 e. The minimum atomic E-state index is -0.270. The molecule has 0 radical (unpaired) electrons. The summed E-state index contributed by atoms with van der Waals surface area (Å²) in [5.41, 5.74) is 1.07. The summed E-state index contributed by atoms with van der Waals surface area (Å²) in [6.45, 7) is 5.09. The molecule has 138 valence electrons. The van der Waals surface area contributed by atoms with E-state index in [1.165, 1.54) is 11.3 Å². The van der Waals surface area contributed by atoms with Gasteiger partial charge in [-0.1, -0.05) is 17.7 Å². The number of halogens is 1. The molecule has 0 spiro atoms. The van der Waals surface area contributed by atoms with Crippen molar-refractivity contribution in [2.24, 2.45) is 0 Å². The summed E-state index contributed by atoms with van der Waals surface area (Å²) in [6, 6.07) is 10.1. The Morgan fingerprint density at radius 1 is 1.08 bits per heavy atom. The zero-order valence-corrected chi connectivity index (χ0v) is 16.3. The quantitative estimate of drug-likeness (QED) is 0.673. The number of carbonyl (C=O) groups is 3. The Balaban J connectivity index is 1.93. The molecule has 1 aromatic carbocycles. The lowest BCUT2D eigenvalue weighted by atomic mass is 10.1. The van der Waals surface area contributed by atoms with E-state index in [9.17, 15) is 14.4 Å². The predicted octanol–water partition coefficient (Wildman–Crippen LogP) is 4.49. The number of Topliss-reactive ketones (excluding diaryl/α,β-unsaturated/α-hetero) is 1. The smallest absolute Gasteiger partial charge is 0.253 e. The van der Waals surface area contributed by atoms with Gasteiger partial charge in [0, 0.05) is 37.2 Å². The normalized spacial score (nSPS) is 10.4. The van der Waals surface area contributed by atoms with Gasteiger partial charge in [0.15, 0.2) is 5.78 Å². The lowest BCUT2D eigenvalue weighted by Crippen LogP contribution is -2.30. The number of benzene rings is 1. The standard InChI is InChI=1S/C19H21ClN2O3S/c1-3-22(4-2)19(25)13-6-5-7-14(12-13)21-18(24)11-8-15(23)16-9-10-17(20)26-16/h5-7,9-10,12H,3-4,8,11H2,1-2H3,(H,21,24). The van der Waals surface area contributed by atoms with Gasteiger partial charge in [-0.25, -0.2) is 0 Å². The van der Waals surface area contributed by atoms with Crippen LogP contribution >= 0.6 is 22.9 Å². The summed E-state index contributed by atoms with van der Waals surface area (Å²) in [4.78, 5) is 38.8. The Labute approximate surface area is 162 Å². The second-order valence-corrected chi connectivity index (χ2v) is 7.35. The summed E-state index contributed by atoms with van der Waals surface area (Å²) in [5.74, 6) is -0.452. The highest BCUT2D eigenvalue weighted by atomic mass is 35.5. The zero-order chi connectivity index (χ0) is 19.1. The van der Waals surface area contributed by atoms with Gasteiger partial charge in [-0.15, -0.1) is 11.3 Å². The molecule has 0 aliphatic carbocycles. The number of thiophene rings is 1. The average molecular weight is 393 g/mol. The van der Waals surface area contributed by atoms with Crippen LogP contribution in [0.1, 0.15) is 46.7 Å². The van der Waals surface area contributed by atoms with Crippen molar-refractivity contribution in [3.05, 3.63) is 51.2 Å².